The van der Waals surface area contributed by atoms with Gasteiger partial charge in [0.25, 0.3) is 5.91 Å². The fraction of sp³-hybridized carbons (Fsp3) is 0.111. The van der Waals surface area contributed by atoms with Crippen LogP contribution in [-0.2, 0) is 14.3 Å². The molecule has 0 saturated heterocycles. The van der Waals surface area contributed by atoms with Gasteiger partial charge >= 0.3 is 5.97 Å². The molecule has 0 saturated carbocycles. The van der Waals surface area contributed by atoms with Crippen molar-refractivity contribution >= 4 is 39.6 Å². The number of rotatable bonds is 6. The Hall–Kier alpha value is -2.67. The summed E-state index contributed by atoms with van der Waals surface area (Å²) in [6, 6.07) is 11.3. The molecule has 0 spiro atoms. The van der Waals surface area contributed by atoms with Crippen molar-refractivity contribution in [2.24, 2.45) is 0 Å². The number of carbonyl (C=O) groups excluding carboxylic acids is 2. The first-order chi connectivity index (χ1) is 12.0. The van der Waals surface area contributed by atoms with Crippen LogP contribution >= 0.6 is 15.9 Å². The zero-order valence-corrected chi connectivity index (χ0v) is 14.9. The molecule has 0 fully saturated rings. The normalized spacial score (nSPS) is 10.5. The van der Waals surface area contributed by atoms with Gasteiger partial charge in [-0.3, -0.25) is 4.79 Å². The van der Waals surface area contributed by atoms with Crippen molar-refractivity contribution in [3.05, 3.63) is 64.4 Å². The first kappa shape index (κ1) is 18.7. The number of amides is 1. The van der Waals surface area contributed by atoms with Crippen LogP contribution < -0.4 is 10.1 Å². The second kappa shape index (κ2) is 8.98. The minimum atomic E-state index is -0.697. The SMILES string of the molecule is COc1ccccc1/C=C/C(=O)OCC(=O)Nc1ccc(Br)cc1F. The molecule has 130 valence electrons. The molecular formula is C18H15BrFNO4. The van der Waals surface area contributed by atoms with E-state index in [-0.39, 0.29) is 5.69 Å². The maximum Gasteiger partial charge on any atom is 0.331 e. The molecule has 0 aliphatic heterocycles. The summed E-state index contributed by atoms with van der Waals surface area (Å²) >= 11 is 3.12. The smallest absolute Gasteiger partial charge is 0.331 e. The number of esters is 1. The van der Waals surface area contributed by atoms with Gasteiger partial charge in [-0.2, -0.15) is 0 Å². The third-order valence-electron chi connectivity index (χ3n) is 3.09. The Morgan fingerprint density at radius 2 is 2.00 bits per heavy atom. The molecule has 0 radical (unpaired) electrons. The van der Waals surface area contributed by atoms with E-state index in [1.54, 1.807) is 30.3 Å². The van der Waals surface area contributed by atoms with Crippen LogP contribution in [0.5, 0.6) is 5.75 Å². The highest BCUT2D eigenvalue weighted by Gasteiger charge is 2.09. The first-order valence-electron chi connectivity index (χ1n) is 7.22. The van der Waals surface area contributed by atoms with E-state index >= 15 is 0 Å². The van der Waals surface area contributed by atoms with Crippen LogP contribution in [0.3, 0.4) is 0 Å². The highest BCUT2D eigenvalue weighted by molar-refractivity contribution is 9.10. The molecule has 1 N–H and O–H groups in total. The van der Waals surface area contributed by atoms with Crippen LogP contribution in [0.2, 0.25) is 0 Å². The Morgan fingerprint density at radius 1 is 1.24 bits per heavy atom. The molecule has 2 aromatic rings. The van der Waals surface area contributed by atoms with Crippen molar-refractivity contribution in [1.82, 2.24) is 0 Å². The van der Waals surface area contributed by atoms with E-state index in [9.17, 15) is 14.0 Å². The maximum atomic E-state index is 13.6. The molecule has 2 aromatic carbocycles. The molecule has 0 unspecified atom stereocenters. The number of halogens is 2. The minimum Gasteiger partial charge on any atom is -0.496 e. The number of para-hydroxylation sites is 1. The van der Waals surface area contributed by atoms with Crippen LogP contribution in [0.1, 0.15) is 5.56 Å². The van der Waals surface area contributed by atoms with E-state index < -0.39 is 24.3 Å². The topological polar surface area (TPSA) is 64.6 Å². The summed E-state index contributed by atoms with van der Waals surface area (Å²) in [6.45, 7) is -0.523. The lowest BCUT2D eigenvalue weighted by atomic mass is 10.2. The minimum absolute atomic E-state index is 0.00816. The molecule has 0 atom stereocenters. The van der Waals surface area contributed by atoms with Gasteiger partial charge < -0.3 is 14.8 Å². The number of benzene rings is 2. The summed E-state index contributed by atoms with van der Waals surface area (Å²) in [7, 11) is 1.52. The predicted octanol–water partition coefficient (Wildman–Crippen LogP) is 3.79. The fourth-order valence-corrected chi connectivity index (χ4v) is 2.26. The molecule has 5 nitrogen and oxygen atoms in total. The second-order valence-corrected chi connectivity index (χ2v) is 5.77. The van der Waals surface area contributed by atoms with Crippen LogP contribution in [0.15, 0.2) is 53.0 Å². The fourth-order valence-electron chi connectivity index (χ4n) is 1.92. The van der Waals surface area contributed by atoms with E-state index in [1.165, 1.54) is 31.4 Å². The van der Waals surface area contributed by atoms with Gasteiger partial charge in [0.1, 0.15) is 11.6 Å². The van der Waals surface area contributed by atoms with Crippen LogP contribution in [-0.4, -0.2) is 25.6 Å². The average molecular weight is 408 g/mol. The van der Waals surface area contributed by atoms with Gasteiger partial charge in [0.15, 0.2) is 6.61 Å². The molecule has 1 amide bonds. The van der Waals surface area contributed by atoms with Crippen LogP contribution in [0, 0.1) is 5.82 Å². The van der Waals surface area contributed by atoms with Crippen molar-refractivity contribution in [2.45, 2.75) is 0 Å². The quantitative estimate of drug-likeness (QED) is 0.584. The van der Waals surface area contributed by atoms with E-state index in [2.05, 4.69) is 21.2 Å². The average Bonchev–Trinajstić information content (AvgIpc) is 2.60. The molecule has 0 bridgehead atoms. The largest absolute Gasteiger partial charge is 0.496 e. The Balaban J connectivity index is 1.87. The lowest BCUT2D eigenvalue weighted by Crippen LogP contribution is -2.20. The Morgan fingerprint density at radius 3 is 2.72 bits per heavy atom. The van der Waals surface area contributed by atoms with Crippen LogP contribution in [0.25, 0.3) is 6.08 Å². The number of hydrogen-bond acceptors (Lipinski definition) is 4. The van der Waals surface area contributed by atoms with Gasteiger partial charge in [0, 0.05) is 16.1 Å². The zero-order valence-electron chi connectivity index (χ0n) is 13.3. The molecule has 7 heteroatoms. The zero-order chi connectivity index (χ0) is 18.2. The van der Waals surface area contributed by atoms with Crippen molar-refractivity contribution < 1.29 is 23.5 Å². The third kappa shape index (κ3) is 5.72. The summed E-state index contributed by atoms with van der Waals surface area (Å²) < 4.78 is 24.1. The van der Waals surface area contributed by atoms with Gasteiger partial charge in [0.2, 0.25) is 0 Å². The summed E-state index contributed by atoms with van der Waals surface area (Å²) in [5, 5.41) is 2.33. The Kier molecular flexibility index (Phi) is 6.71. The second-order valence-electron chi connectivity index (χ2n) is 4.86. The van der Waals surface area contributed by atoms with Gasteiger partial charge in [-0.15, -0.1) is 0 Å². The van der Waals surface area contributed by atoms with Crippen LogP contribution in [0.4, 0.5) is 10.1 Å². The van der Waals surface area contributed by atoms with Crippen molar-refractivity contribution in [1.29, 1.82) is 0 Å². The van der Waals surface area contributed by atoms with E-state index in [0.29, 0.717) is 15.8 Å². The van der Waals surface area contributed by atoms with Crippen molar-refractivity contribution in [3.8, 4) is 5.75 Å². The molecular weight excluding hydrogens is 393 g/mol. The van der Waals surface area contributed by atoms with E-state index in [0.717, 1.165) is 0 Å². The lowest BCUT2D eigenvalue weighted by molar-refractivity contribution is -0.142. The standard InChI is InChI=1S/C18H15BrFNO4/c1-24-16-5-3-2-4-12(16)6-9-18(23)25-11-17(22)21-15-8-7-13(19)10-14(15)20/h2-10H,11H2,1H3,(H,21,22)/b9-6+. The van der Waals surface area contributed by atoms with Gasteiger partial charge in [-0.25, -0.2) is 9.18 Å². The summed E-state index contributed by atoms with van der Waals surface area (Å²) in [5.41, 5.74) is 0.706. The molecule has 2 rings (SSSR count). The van der Waals surface area contributed by atoms with E-state index in [1.807, 2.05) is 0 Å². The number of nitrogens with one attached hydrogen (secondary N) is 1. The highest BCUT2D eigenvalue weighted by Crippen LogP contribution is 2.20. The first-order valence-corrected chi connectivity index (χ1v) is 8.01. The summed E-state index contributed by atoms with van der Waals surface area (Å²) in [5.74, 6) is -1.32. The summed E-state index contributed by atoms with van der Waals surface area (Å²) in [4.78, 5) is 23.4. The maximum absolute atomic E-state index is 13.6. The number of hydrogen-bond donors (Lipinski definition) is 1. The third-order valence-corrected chi connectivity index (χ3v) is 3.58. The predicted molar refractivity (Wildman–Crippen MR) is 95.7 cm³/mol. The summed E-state index contributed by atoms with van der Waals surface area (Å²) in [6.07, 6.45) is 2.71. The lowest BCUT2D eigenvalue weighted by Gasteiger charge is -2.07. The number of methoxy groups -OCH3 is 1. The highest BCUT2D eigenvalue weighted by atomic mass is 79.9. The van der Waals surface area contributed by atoms with Gasteiger partial charge in [-0.05, 0) is 30.3 Å². The van der Waals surface area contributed by atoms with Gasteiger partial charge in [-0.1, -0.05) is 34.1 Å². The Labute approximate surface area is 152 Å². The molecule has 0 aliphatic rings. The number of anilines is 1. The molecule has 25 heavy (non-hydrogen) atoms. The van der Waals surface area contributed by atoms with Crippen molar-refractivity contribution in [3.63, 3.8) is 0 Å². The molecule has 0 aliphatic carbocycles. The van der Waals surface area contributed by atoms with E-state index in [4.69, 9.17) is 9.47 Å². The molecule has 0 aromatic heterocycles. The molecule has 0 heterocycles. The number of ether oxygens (including phenoxy) is 2. The monoisotopic (exact) mass is 407 g/mol. The van der Waals surface area contributed by atoms with Gasteiger partial charge in [0.05, 0.1) is 12.8 Å². The Bertz CT molecular complexity index is 807. The number of carbonyl (C=O) groups is 2. The van der Waals surface area contributed by atoms with Crippen molar-refractivity contribution in [2.75, 3.05) is 19.0 Å².